The number of carbonyl (C=O) groups is 1. The van der Waals surface area contributed by atoms with Gasteiger partial charge in [-0.25, -0.2) is 0 Å². The van der Waals surface area contributed by atoms with Gasteiger partial charge in [0.2, 0.25) is 0 Å². The number of halogens is 2. The first-order valence-electron chi connectivity index (χ1n) is 9.81. The Kier molecular flexibility index (Phi) is 8.15. The monoisotopic (exact) mass is 466 g/mol. The van der Waals surface area contributed by atoms with Crippen molar-refractivity contribution in [2.45, 2.75) is 13.5 Å². The molecule has 0 heterocycles. The van der Waals surface area contributed by atoms with E-state index in [1.54, 1.807) is 54.6 Å². The second kappa shape index (κ2) is 11.2. The molecule has 3 aromatic carbocycles. The van der Waals surface area contributed by atoms with Gasteiger partial charge in [0.05, 0.1) is 11.6 Å². The van der Waals surface area contributed by atoms with E-state index in [4.69, 9.17) is 32.7 Å². The fourth-order valence-electron chi connectivity index (χ4n) is 2.78. The average Bonchev–Trinajstić information content (AvgIpc) is 2.79. The molecule has 3 aromatic rings. The van der Waals surface area contributed by atoms with Crippen LogP contribution < -0.4 is 14.8 Å². The molecule has 0 spiro atoms. The Labute approximate surface area is 196 Å². The number of anilines is 1. The summed E-state index contributed by atoms with van der Waals surface area (Å²) >= 11 is 12.2. The summed E-state index contributed by atoms with van der Waals surface area (Å²) in [6.45, 7) is 2.78. The molecule has 0 radical (unpaired) electrons. The fourth-order valence-corrected chi connectivity index (χ4v) is 3.15. The van der Waals surface area contributed by atoms with Gasteiger partial charge >= 0.3 is 0 Å². The lowest BCUT2D eigenvalue weighted by atomic mass is 10.1. The van der Waals surface area contributed by atoms with Crippen LogP contribution in [0.1, 0.15) is 18.1 Å². The lowest BCUT2D eigenvalue weighted by molar-refractivity contribution is -0.112. The predicted molar refractivity (Wildman–Crippen MR) is 127 cm³/mol. The maximum absolute atomic E-state index is 12.5. The molecule has 3 rings (SSSR count). The van der Waals surface area contributed by atoms with Gasteiger partial charge in [0.1, 0.15) is 29.7 Å². The average molecular weight is 467 g/mol. The van der Waals surface area contributed by atoms with Crippen molar-refractivity contribution in [2.24, 2.45) is 0 Å². The van der Waals surface area contributed by atoms with E-state index in [-0.39, 0.29) is 5.57 Å². The zero-order valence-corrected chi connectivity index (χ0v) is 18.8. The molecule has 7 heteroatoms. The number of benzene rings is 3. The van der Waals surface area contributed by atoms with Crippen LogP contribution in [0.3, 0.4) is 0 Å². The molecule has 0 fully saturated rings. The Morgan fingerprint density at radius 1 is 1.03 bits per heavy atom. The molecule has 0 saturated carbocycles. The van der Waals surface area contributed by atoms with Crippen LogP contribution in [0.2, 0.25) is 10.0 Å². The SMILES string of the molecule is CCOc1ccc(NC(=O)/C(C#N)=C/c2ccc(OCc3ccc(Cl)cc3)c(Cl)c2)cc1. The third kappa shape index (κ3) is 6.52. The molecule has 0 unspecified atom stereocenters. The van der Waals surface area contributed by atoms with Crippen LogP contribution >= 0.6 is 23.2 Å². The van der Waals surface area contributed by atoms with Crippen LogP contribution in [0.15, 0.2) is 72.3 Å². The maximum atomic E-state index is 12.5. The summed E-state index contributed by atoms with van der Waals surface area (Å²) in [7, 11) is 0. The molecule has 5 nitrogen and oxygen atoms in total. The zero-order valence-electron chi connectivity index (χ0n) is 17.3. The highest BCUT2D eigenvalue weighted by Gasteiger charge is 2.11. The number of amides is 1. The van der Waals surface area contributed by atoms with Crippen LogP contribution in [-0.4, -0.2) is 12.5 Å². The number of carbonyl (C=O) groups excluding carboxylic acids is 1. The highest BCUT2D eigenvalue weighted by Crippen LogP contribution is 2.27. The van der Waals surface area contributed by atoms with E-state index in [9.17, 15) is 10.1 Å². The van der Waals surface area contributed by atoms with Crippen molar-refractivity contribution in [3.8, 4) is 17.6 Å². The number of nitrogens with one attached hydrogen (secondary N) is 1. The Morgan fingerprint density at radius 3 is 2.38 bits per heavy atom. The van der Waals surface area contributed by atoms with E-state index in [2.05, 4.69) is 5.32 Å². The van der Waals surface area contributed by atoms with Crippen molar-refractivity contribution in [3.05, 3.63) is 93.5 Å². The number of hydrogen-bond acceptors (Lipinski definition) is 4. The largest absolute Gasteiger partial charge is 0.494 e. The third-order valence-corrected chi connectivity index (χ3v) is 4.91. The third-order valence-electron chi connectivity index (χ3n) is 4.36. The van der Waals surface area contributed by atoms with E-state index in [1.807, 2.05) is 25.1 Å². The topological polar surface area (TPSA) is 71.3 Å². The van der Waals surface area contributed by atoms with Gasteiger partial charge in [-0.05, 0) is 72.7 Å². The normalized spacial score (nSPS) is 10.9. The van der Waals surface area contributed by atoms with E-state index in [0.29, 0.717) is 46.0 Å². The maximum Gasteiger partial charge on any atom is 0.266 e. The Hall–Kier alpha value is -3.46. The summed E-state index contributed by atoms with van der Waals surface area (Å²) in [5.74, 6) is 0.682. The van der Waals surface area contributed by atoms with Gasteiger partial charge in [-0.3, -0.25) is 4.79 Å². The molecule has 0 aliphatic rings. The van der Waals surface area contributed by atoms with Gasteiger partial charge in [-0.1, -0.05) is 41.4 Å². The van der Waals surface area contributed by atoms with Crippen molar-refractivity contribution in [1.29, 1.82) is 5.26 Å². The number of hydrogen-bond donors (Lipinski definition) is 1. The van der Waals surface area contributed by atoms with Gasteiger partial charge in [0, 0.05) is 10.7 Å². The van der Waals surface area contributed by atoms with Crippen molar-refractivity contribution in [3.63, 3.8) is 0 Å². The van der Waals surface area contributed by atoms with Crippen molar-refractivity contribution in [1.82, 2.24) is 0 Å². The number of nitriles is 1. The van der Waals surface area contributed by atoms with E-state index >= 15 is 0 Å². The smallest absolute Gasteiger partial charge is 0.266 e. The standard InChI is InChI=1S/C25H20Cl2N2O3/c1-2-31-22-10-8-21(9-11-22)29-25(30)19(15-28)13-18-5-12-24(23(27)14-18)32-16-17-3-6-20(26)7-4-17/h3-14H,2,16H2,1H3,(H,29,30)/b19-13+. The van der Waals surface area contributed by atoms with Crippen LogP contribution in [0.5, 0.6) is 11.5 Å². The highest BCUT2D eigenvalue weighted by atomic mass is 35.5. The van der Waals surface area contributed by atoms with Gasteiger partial charge < -0.3 is 14.8 Å². The minimum Gasteiger partial charge on any atom is -0.494 e. The fraction of sp³-hybridized carbons (Fsp3) is 0.120. The van der Waals surface area contributed by atoms with Gasteiger partial charge in [-0.2, -0.15) is 5.26 Å². The number of ether oxygens (including phenoxy) is 2. The summed E-state index contributed by atoms with van der Waals surface area (Å²) in [6, 6.07) is 21.2. The molecule has 1 amide bonds. The van der Waals surface area contributed by atoms with Crippen molar-refractivity contribution in [2.75, 3.05) is 11.9 Å². The van der Waals surface area contributed by atoms with Crippen molar-refractivity contribution < 1.29 is 14.3 Å². The zero-order chi connectivity index (χ0) is 22.9. The Balaban J connectivity index is 1.66. The van der Waals surface area contributed by atoms with E-state index in [0.717, 1.165) is 5.56 Å². The predicted octanol–water partition coefficient (Wildman–Crippen LogP) is 6.52. The van der Waals surface area contributed by atoms with Gasteiger partial charge in [0.25, 0.3) is 5.91 Å². The van der Waals surface area contributed by atoms with E-state index < -0.39 is 5.91 Å². The Bertz CT molecular complexity index is 1150. The molecule has 0 bridgehead atoms. The number of nitrogens with zero attached hydrogens (tertiary/aromatic N) is 1. The van der Waals surface area contributed by atoms with E-state index in [1.165, 1.54) is 6.08 Å². The molecule has 0 saturated heterocycles. The van der Waals surface area contributed by atoms with Gasteiger partial charge in [0.15, 0.2) is 0 Å². The second-order valence-electron chi connectivity index (χ2n) is 6.69. The highest BCUT2D eigenvalue weighted by molar-refractivity contribution is 6.32. The first-order chi connectivity index (χ1) is 15.5. The number of rotatable bonds is 8. The Morgan fingerprint density at radius 2 is 1.75 bits per heavy atom. The molecule has 0 atom stereocenters. The first kappa shape index (κ1) is 23.2. The molecule has 0 aliphatic carbocycles. The van der Waals surface area contributed by atoms with Crippen LogP contribution in [0, 0.1) is 11.3 Å². The molecule has 162 valence electrons. The van der Waals surface area contributed by atoms with Crippen LogP contribution in [0.25, 0.3) is 6.08 Å². The second-order valence-corrected chi connectivity index (χ2v) is 7.53. The first-order valence-corrected chi connectivity index (χ1v) is 10.6. The van der Waals surface area contributed by atoms with Crippen molar-refractivity contribution >= 4 is 40.9 Å². The molecule has 0 aliphatic heterocycles. The summed E-state index contributed by atoms with van der Waals surface area (Å²) in [6.07, 6.45) is 1.47. The lowest BCUT2D eigenvalue weighted by Crippen LogP contribution is -2.13. The van der Waals surface area contributed by atoms with Crippen LogP contribution in [0.4, 0.5) is 5.69 Å². The minimum atomic E-state index is -0.518. The molecular weight excluding hydrogens is 447 g/mol. The lowest BCUT2D eigenvalue weighted by Gasteiger charge is -2.09. The molecule has 1 N–H and O–H groups in total. The quantitative estimate of drug-likeness (QED) is 0.303. The summed E-state index contributed by atoms with van der Waals surface area (Å²) < 4.78 is 11.1. The molecule has 32 heavy (non-hydrogen) atoms. The minimum absolute atomic E-state index is 0.0511. The summed E-state index contributed by atoms with van der Waals surface area (Å²) in [5, 5.41) is 13.2. The molecular formula is C25H20Cl2N2O3. The summed E-state index contributed by atoms with van der Waals surface area (Å²) in [4.78, 5) is 12.5. The molecule has 0 aromatic heterocycles. The van der Waals surface area contributed by atoms with Crippen LogP contribution in [-0.2, 0) is 11.4 Å². The summed E-state index contributed by atoms with van der Waals surface area (Å²) in [5.41, 5.74) is 2.06. The van der Waals surface area contributed by atoms with Gasteiger partial charge in [-0.15, -0.1) is 0 Å².